The number of hydrogen-bond donors (Lipinski definition) is 2. The summed E-state index contributed by atoms with van der Waals surface area (Å²) in [4.78, 5) is 31.1. The highest BCUT2D eigenvalue weighted by molar-refractivity contribution is 6.32. The third-order valence-corrected chi connectivity index (χ3v) is 5.88. The zero-order chi connectivity index (χ0) is 31.5. The number of alkyl halides is 6. The first kappa shape index (κ1) is 30.9. The minimum absolute atomic E-state index is 0.00243. The first-order valence-corrected chi connectivity index (χ1v) is 12.3. The van der Waals surface area contributed by atoms with E-state index in [-0.39, 0.29) is 44.6 Å². The fourth-order valence-electron chi connectivity index (χ4n) is 3.72. The number of hydrogen-bond acceptors (Lipinski definition) is 8. The summed E-state index contributed by atoms with van der Waals surface area (Å²) < 4.78 is 77.5. The lowest BCUT2D eigenvalue weighted by Crippen LogP contribution is -2.29. The average molecular weight is 627 g/mol. The van der Waals surface area contributed by atoms with Crippen molar-refractivity contribution in [2.45, 2.75) is 32.2 Å². The van der Waals surface area contributed by atoms with Crippen LogP contribution in [-0.2, 0) is 12.7 Å². The van der Waals surface area contributed by atoms with E-state index < -0.39 is 49.5 Å². The van der Waals surface area contributed by atoms with Gasteiger partial charge in [0.25, 0.3) is 17.6 Å². The fourth-order valence-corrected chi connectivity index (χ4v) is 3.92. The molecule has 0 bridgehead atoms. The molecule has 0 fully saturated rings. The van der Waals surface area contributed by atoms with E-state index in [1.54, 1.807) is 0 Å². The zero-order valence-electron chi connectivity index (χ0n) is 21.6. The maximum atomic E-state index is 13.6. The highest BCUT2D eigenvalue weighted by Gasteiger charge is 2.37. The van der Waals surface area contributed by atoms with Crippen molar-refractivity contribution < 1.29 is 35.9 Å². The van der Waals surface area contributed by atoms with Crippen LogP contribution >= 0.6 is 11.6 Å². The quantitative estimate of drug-likeness (QED) is 0.277. The lowest BCUT2D eigenvalue weighted by atomic mass is 10.0. The number of rotatable bonds is 8. The number of aryl methyl sites for hydroxylation is 1. The van der Waals surface area contributed by atoms with Gasteiger partial charge in [0.05, 0.1) is 40.0 Å². The molecule has 0 aliphatic heterocycles. The third kappa shape index (κ3) is 7.43. The molecule has 4 rings (SSSR count). The summed E-state index contributed by atoms with van der Waals surface area (Å²) in [6.45, 7) is 0.242. The molecule has 224 valence electrons. The van der Waals surface area contributed by atoms with Gasteiger partial charge in [0, 0.05) is 12.7 Å². The molecule has 0 spiro atoms. The van der Waals surface area contributed by atoms with E-state index >= 15 is 0 Å². The SMILES string of the molecule is Cc1cc(C#N)cc(C(=O)NCCC(F)(F)F)c1NC(=O)c1cc(Cn2nnc(C(F)(F)F)n2)nn1-c1ncccc1Cl. The van der Waals surface area contributed by atoms with Gasteiger partial charge in [0.2, 0.25) is 0 Å². The minimum Gasteiger partial charge on any atom is -0.352 e. The summed E-state index contributed by atoms with van der Waals surface area (Å²) in [6.07, 6.45) is -9.35. The van der Waals surface area contributed by atoms with Gasteiger partial charge < -0.3 is 10.6 Å². The van der Waals surface area contributed by atoms with Crippen molar-refractivity contribution in [2.24, 2.45) is 0 Å². The molecule has 43 heavy (non-hydrogen) atoms. The van der Waals surface area contributed by atoms with Crippen LogP contribution in [0, 0.1) is 18.3 Å². The highest BCUT2D eigenvalue weighted by Crippen LogP contribution is 2.27. The second-order valence-electron chi connectivity index (χ2n) is 8.79. The summed E-state index contributed by atoms with van der Waals surface area (Å²) in [6, 6.07) is 8.39. The number of carbonyl (C=O) groups excluding carboxylic acids is 2. The number of carbonyl (C=O) groups is 2. The Morgan fingerprint density at radius 2 is 1.84 bits per heavy atom. The second kappa shape index (κ2) is 12.1. The number of amides is 2. The molecule has 4 aromatic rings. The van der Waals surface area contributed by atoms with E-state index in [2.05, 4.69) is 36.1 Å². The van der Waals surface area contributed by atoms with Crippen LogP contribution in [0.5, 0.6) is 0 Å². The molecule has 0 aliphatic carbocycles. The third-order valence-electron chi connectivity index (χ3n) is 5.58. The van der Waals surface area contributed by atoms with Crippen LogP contribution in [0.4, 0.5) is 32.0 Å². The predicted octanol–water partition coefficient (Wildman–Crippen LogP) is 4.09. The van der Waals surface area contributed by atoms with Gasteiger partial charge in [-0.05, 0) is 48.0 Å². The summed E-state index contributed by atoms with van der Waals surface area (Å²) in [7, 11) is 0. The molecular weight excluding hydrogens is 610 g/mol. The van der Waals surface area contributed by atoms with Crippen molar-refractivity contribution in [1.82, 2.24) is 40.3 Å². The van der Waals surface area contributed by atoms with Crippen LogP contribution in [0.2, 0.25) is 5.02 Å². The van der Waals surface area contributed by atoms with Crippen molar-refractivity contribution in [3.63, 3.8) is 0 Å². The Labute approximate surface area is 242 Å². The molecule has 0 saturated carbocycles. The van der Waals surface area contributed by atoms with Crippen LogP contribution in [0.25, 0.3) is 5.82 Å². The van der Waals surface area contributed by atoms with Gasteiger partial charge in [-0.3, -0.25) is 9.59 Å². The first-order valence-electron chi connectivity index (χ1n) is 11.9. The summed E-state index contributed by atoms with van der Waals surface area (Å²) in [5, 5.41) is 27.7. The number of aromatic nitrogens is 7. The maximum absolute atomic E-state index is 13.6. The van der Waals surface area contributed by atoms with Crippen LogP contribution in [0.3, 0.4) is 0 Å². The molecule has 1 aromatic carbocycles. The van der Waals surface area contributed by atoms with Crippen LogP contribution < -0.4 is 10.6 Å². The van der Waals surface area contributed by atoms with E-state index in [9.17, 15) is 41.2 Å². The van der Waals surface area contributed by atoms with Gasteiger partial charge in [-0.2, -0.15) is 41.5 Å². The van der Waals surface area contributed by atoms with Crippen molar-refractivity contribution in [2.75, 3.05) is 11.9 Å². The molecule has 0 aliphatic rings. The summed E-state index contributed by atoms with van der Waals surface area (Å²) in [5.74, 6) is -3.43. The Kier molecular flexibility index (Phi) is 8.66. The molecular formula is C24H17ClF6N10O2. The normalized spacial score (nSPS) is 11.7. The van der Waals surface area contributed by atoms with Crippen molar-refractivity contribution in [3.05, 3.63) is 75.5 Å². The molecule has 3 heterocycles. The smallest absolute Gasteiger partial charge is 0.352 e. The number of anilines is 1. The van der Waals surface area contributed by atoms with E-state index in [4.69, 9.17) is 11.6 Å². The number of benzene rings is 1. The van der Waals surface area contributed by atoms with E-state index in [1.807, 2.05) is 6.07 Å². The number of nitrogens with one attached hydrogen (secondary N) is 2. The van der Waals surface area contributed by atoms with Crippen molar-refractivity contribution in [1.29, 1.82) is 5.26 Å². The topological polar surface area (TPSA) is 156 Å². The van der Waals surface area contributed by atoms with Gasteiger partial charge in [-0.15, -0.1) is 10.2 Å². The molecule has 12 nitrogen and oxygen atoms in total. The molecule has 0 radical (unpaired) electrons. The van der Waals surface area contributed by atoms with E-state index in [0.29, 0.717) is 4.80 Å². The van der Waals surface area contributed by atoms with Gasteiger partial charge in [0.15, 0.2) is 5.82 Å². The maximum Gasteiger partial charge on any atom is 0.455 e. The molecule has 2 N–H and O–H groups in total. The number of nitriles is 1. The van der Waals surface area contributed by atoms with Crippen molar-refractivity contribution in [3.8, 4) is 11.9 Å². The standard InChI is InChI=1S/C24H17ClF6N10O2/c1-12-7-13(10-32)8-15(20(42)34-6-4-23(26,27)28)18(12)35-21(43)17-9-14(11-40-38-22(36-39-40)24(29,30)31)37-41(17)19-16(25)3-2-5-33-19/h2-3,5,7-9H,4,6,11H2,1H3,(H,34,42)(H,35,43). The monoisotopic (exact) mass is 626 g/mol. The molecule has 0 atom stereocenters. The lowest BCUT2D eigenvalue weighted by molar-refractivity contribution is -0.145. The Morgan fingerprint density at radius 3 is 2.47 bits per heavy atom. The minimum atomic E-state index is -4.85. The Morgan fingerprint density at radius 1 is 1.09 bits per heavy atom. The van der Waals surface area contributed by atoms with Gasteiger partial charge in [0.1, 0.15) is 12.2 Å². The van der Waals surface area contributed by atoms with Crippen LogP contribution in [-0.4, -0.2) is 59.5 Å². The van der Waals surface area contributed by atoms with Crippen molar-refractivity contribution >= 4 is 29.1 Å². The van der Waals surface area contributed by atoms with Gasteiger partial charge in [-0.25, -0.2) is 9.67 Å². The molecule has 0 unspecified atom stereocenters. The Hall–Kier alpha value is -5.05. The average Bonchev–Trinajstić information content (AvgIpc) is 3.57. The predicted molar refractivity (Wildman–Crippen MR) is 135 cm³/mol. The number of pyridine rings is 1. The van der Waals surface area contributed by atoms with E-state index in [1.165, 1.54) is 37.4 Å². The Bertz CT molecular complexity index is 1720. The van der Waals surface area contributed by atoms with Gasteiger partial charge >= 0.3 is 12.4 Å². The summed E-state index contributed by atoms with van der Waals surface area (Å²) >= 11 is 6.24. The number of halogens is 7. The molecule has 19 heteroatoms. The molecule has 2 amide bonds. The second-order valence-corrected chi connectivity index (χ2v) is 9.19. The fraction of sp³-hybridized carbons (Fsp3) is 0.250. The largest absolute Gasteiger partial charge is 0.455 e. The molecule has 0 saturated heterocycles. The van der Waals surface area contributed by atoms with E-state index in [0.717, 1.165) is 10.7 Å². The highest BCUT2D eigenvalue weighted by atomic mass is 35.5. The van der Waals surface area contributed by atoms with Crippen LogP contribution in [0.1, 0.15) is 49.9 Å². The lowest BCUT2D eigenvalue weighted by Gasteiger charge is -2.16. The van der Waals surface area contributed by atoms with Gasteiger partial charge in [-0.1, -0.05) is 11.6 Å². The molecule has 3 aromatic heterocycles. The Balaban J connectivity index is 1.71. The van der Waals surface area contributed by atoms with Crippen LogP contribution in [0.15, 0.2) is 36.5 Å². The first-order chi connectivity index (χ1) is 20.2. The summed E-state index contributed by atoms with van der Waals surface area (Å²) in [5.41, 5.74) is -0.452. The zero-order valence-corrected chi connectivity index (χ0v) is 22.4. The number of tetrazole rings is 1. The number of nitrogens with zero attached hydrogens (tertiary/aromatic N) is 8.